The fourth-order valence-corrected chi connectivity index (χ4v) is 3.63. The predicted octanol–water partition coefficient (Wildman–Crippen LogP) is 7.10. The topological polar surface area (TPSA) is 68.7 Å². The van der Waals surface area contributed by atoms with Crippen LogP contribution in [0.3, 0.4) is 0 Å². The van der Waals surface area contributed by atoms with Gasteiger partial charge in [0.1, 0.15) is 17.6 Å². The van der Waals surface area contributed by atoms with Crippen LogP contribution in [-0.4, -0.2) is 22.7 Å². The standard InChI is InChI=1S/C27H28F3NO4/c1-3-5-9-25(35-21-14-15-24(18(4-2)16-21)34-17-26(32)33)23-8-6-7-22(31-23)19-10-12-20(13-11-19)27(28,29)30/h6-8,10-16,25H,3-5,9,17H2,1-2H3,(H,32,33). The summed E-state index contributed by atoms with van der Waals surface area (Å²) in [6.07, 6.45) is -1.55. The van der Waals surface area contributed by atoms with Crippen LogP contribution >= 0.6 is 0 Å². The average molecular weight is 488 g/mol. The van der Waals surface area contributed by atoms with Gasteiger partial charge < -0.3 is 14.6 Å². The van der Waals surface area contributed by atoms with E-state index in [2.05, 4.69) is 6.92 Å². The molecule has 0 bridgehead atoms. The van der Waals surface area contributed by atoms with Crippen LogP contribution in [0.1, 0.15) is 56.0 Å². The van der Waals surface area contributed by atoms with Crippen LogP contribution in [0.5, 0.6) is 11.5 Å². The quantitative estimate of drug-likeness (QED) is 0.312. The van der Waals surface area contributed by atoms with Crippen molar-refractivity contribution in [2.24, 2.45) is 0 Å². The van der Waals surface area contributed by atoms with E-state index in [0.717, 1.165) is 30.5 Å². The van der Waals surface area contributed by atoms with E-state index >= 15 is 0 Å². The zero-order chi connectivity index (χ0) is 25.4. The summed E-state index contributed by atoms with van der Waals surface area (Å²) in [5.74, 6) is 0.0492. The highest BCUT2D eigenvalue weighted by atomic mass is 19.4. The van der Waals surface area contributed by atoms with Crippen molar-refractivity contribution in [3.8, 4) is 22.8 Å². The number of benzene rings is 2. The Morgan fingerprint density at radius 3 is 2.43 bits per heavy atom. The molecule has 0 fully saturated rings. The van der Waals surface area contributed by atoms with E-state index in [-0.39, 0.29) is 6.10 Å². The van der Waals surface area contributed by atoms with Gasteiger partial charge in [-0.25, -0.2) is 9.78 Å². The number of carbonyl (C=O) groups is 1. The smallest absolute Gasteiger partial charge is 0.416 e. The number of alkyl halides is 3. The van der Waals surface area contributed by atoms with Crippen LogP contribution in [0.4, 0.5) is 13.2 Å². The third-order valence-corrected chi connectivity index (χ3v) is 5.47. The number of hydrogen-bond donors (Lipinski definition) is 1. The number of nitrogens with zero attached hydrogens (tertiary/aromatic N) is 1. The van der Waals surface area contributed by atoms with Gasteiger partial charge in [0.15, 0.2) is 6.61 Å². The number of aryl methyl sites for hydroxylation is 1. The molecule has 0 saturated heterocycles. The third-order valence-electron chi connectivity index (χ3n) is 5.47. The van der Waals surface area contributed by atoms with Crippen LogP contribution in [0.25, 0.3) is 11.3 Å². The number of carboxylic acids is 1. The summed E-state index contributed by atoms with van der Waals surface area (Å²) in [6, 6.07) is 15.6. The molecule has 1 heterocycles. The number of hydrogen-bond acceptors (Lipinski definition) is 4. The molecule has 0 saturated carbocycles. The van der Waals surface area contributed by atoms with E-state index in [1.54, 1.807) is 18.2 Å². The molecule has 8 heteroatoms. The number of ether oxygens (including phenoxy) is 2. The maximum absolute atomic E-state index is 12.9. The molecule has 1 N–H and O–H groups in total. The average Bonchev–Trinajstić information content (AvgIpc) is 2.85. The Balaban J connectivity index is 1.85. The minimum absolute atomic E-state index is 0.361. The van der Waals surface area contributed by atoms with Crippen molar-refractivity contribution < 1.29 is 32.5 Å². The second-order valence-electron chi connectivity index (χ2n) is 8.08. The molecule has 0 amide bonds. The summed E-state index contributed by atoms with van der Waals surface area (Å²) >= 11 is 0. The van der Waals surface area contributed by atoms with Crippen molar-refractivity contribution in [3.63, 3.8) is 0 Å². The largest absolute Gasteiger partial charge is 0.484 e. The number of carboxylic acid groups (broad SMARTS) is 1. The molecule has 3 aromatic rings. The number of pyridine rings is 1. The number of aliphatic carboxylic acids is 1. The SMILES string of the molecule is CCCCC(Oc1ccc(OCC(=O)O)c(CC)c1)c1cccc(-c2ccc(C(F)(F)F)cc2)n1. The minimum Gasteiger partial charge on any atom is -0.484 e. The second kappa shape index (κ2) is 11.7. The number of aromatic nitrogens is 1. The first-order valence-corrected chi connectivity index (χ1v) is 11.5. The molecular weight excluding hydrogens is 459 g/mol. The van der Waals surface area contributed by atoms with Crippen molar-refractivity contribution in [1.82, 2.24) is 4.98 Å². The highest BCUT2D eigenvalue weighted by Crippen LogP contribution is 2.33. The normalized spacial score (nSPS) is 12.3. The zero-order valence-electron chi connectivity index (χ0n) is 19.6. The first-order valence-electron chi connectivity index (χ1n) is 11.5. The van der Waals surface area contributed by atoms with E-state index in [0.29, 0.717) is 41.3 Å². The third kappa shape index (κ3) is 7.21. The summed E-state index contributed by atoms with van der Waals surface area (Å²) < 4.78 is 50.4. The molecule has 0 aliphatic heterocycles. The second-order valence-corrected chi connectivity index (χ2v) is 8.08. The van der Waals surface area contributed by atoms with E-state index in [9.17, 15) is 18.0 Å². The lowest BCUT2D eigenvalue weighted by Crippen LogP contribution is -2.12. The fourth-order valence-electron chi connectivity index (χ4n) is 3.63. The molecule has 1 atom stereocenters. The zero-order valence-corrected chi connectivity index (χ0v) is 19.6. The van der Waals surface area contributed by atoms with E-state index in [1.165, 1.54) is 12.1 Å². The van der Waals surface area contributed by atoms with Crippen molar-refractivity contribution in [3.05, 3.63) is 77.5 Å². The molecule has 0 aliphatic carbocycles. The van der Waals surface area contributed by atoms with E-state index in [4.69, 9.17) is 19.6 Å². The Bertz CT molecular complexity index is 1130. The Kier molecular flexibility index (Phi) is 8.73. The van der Waals surface area contributed by atoms with Gasteiger partial charge in [0.05, 0.1) is 17.0 Å². The molecule has 0 aliphatic rings. The number of halogens is 3. The molecule has 186 valence electrons. The summed E-state index contributed by atoms with van der Waals surface area (Å²) in [6.45, 7) is 3.59. The Hall–Kier alpha value is -3.55. The van der Waals surface area contributed by atoms with Crippen LogP contribution in [0, 0.1) is 0 Å². The lowest BCUT2D eigenvalue weighted by atomic mass is 10.1. The minimum atomic E-state index is -4.39. The monoisotopic (exact) mass is 487 g/mol. The Morgan fingerprint density at radius 2 is 1.80 bits per heavy atom. The van der Waals surface area contributed by atoms with Gasteiger partial charge in [0, 0.05) is 5.56 Å². The predicted molar refractivity (Wildman–Crippen MR) is 127 cm³/mol. The maximum atomic E-state index is 12.9. The summed E-state index contributed by atoms with van der Waals surface area (Å²) in [4.78, 5) is 15.5. The highest BCUT2D eigenvalue weighted by Gasteiger charge is 2.30. The lowest BCUT2D eigenvalue weighted by Gasteiger charge is -2.20. The van der Waals surface area contributed by atoms with Gasteiger partial charge in [-0.3, -0.25) is 0 Å². The Morgan fingerprint density at radius 1 is 1.06 bits per heavy atom. The van der Waals surface area contributed by atoms with Crippen molar-refractivity contribution in [1.29, 1.82) is 0 Å². The Labute approximate surface area is 202 Å². The van der Waals surface area contributed by atoms with E-state index in [1.807, 2.05) is 25.1 Å². The van der Waals surface area contributed by atoms with Crippen LogP contribution in [0.15, 0.2) is 60.7 Å². The van der Waals surface area contributed by atoms with Crippen LogP contribution in [-0.2, 0) is 17.4 Å². The lowest BCUT2D eigenvalue weighted by molar-refractivity contribution is -0.139. The van der Waals surface area contributed by atoms with Gasteiger partial charge in [0.2, 0.25) is 0 Å². The summed E-state index contributed by atoms with van der Waals surface area (Å²) in [5, 5.41) is 8.87. The molecule has 0 spiro atoms. The summed E-state index contributed by atoms with van der Waals surface area (Å²) in [7, 11) is 0. The van der Waals surface area contributed by atoms with Crippen LogP contribution in [0.2, 0.25) is 0 Å². The van der Waals surface area contributed by atoms with Crippen molar-refractivity contribution in [2.75, 3.05) is 6.61 Å². The van der Waals surface area contributed by atoms with Crippen molar-refractivity contribution in [2.45, 2.75) is 51.8 Å². The number of rotatable bonds is 11. The van der Waals surface area contributed by atoms with Gasteiger partial charge in [-0.2, -0.15) is 13.2 Å². The molecule has 1 aromatic heterocycles. The van der Waals surface area contributed by atoms with Crippen molar-refractivity contribution >= 4 is 5.97 Å². The summed E-state index contributed by atoms with van der Waals surface area (Å²) in [5.41, 5.74) is 1.95. The van der Waals surface area contributed by atoms with Gasteiger partial charge in [0.25, 0.3) is 0 Å². The van der Waals surface area contributed by atoms with Gasteiger partial charge in [-0.15, -0.1) is 0 Å². The molecule has 1 unspecified atom stereocenters. The van der Waals surface area contributed by atoms with Gasteiger partial charge in [-0.05, 0) is 67.3 Å². The van der Waals surface area contributed by atoms with E-state index < -0.39 is 24.3 Å². The highest BCUT2D eigenvalue weighted by molar-refractivity contribution is 5.68. The molecule has 0 radical (unpaired) electrons. The van der Waals surface area contributed by atoms with Gasteiger partial charge >= 0.3 is 12.1 Å². The number of unbranched alkanes of at least 4 members (excludes halogenated alkanes) is 1. The fraction of sp³-hybridized carbons (Fsp3) is 0.333. The van der Waals surface area contributed by atoms with Gasteiger partial charge in [-0.1, -0.05) is 38.5 Å². The molecule has 3 rings (SSSR count). The molecule has 2 aromatic carbocycles. The first kappa shape index (κ1) is 26.1. The molecule has 5 nitrogen and oxygen atoms in total. The molecular formula is C27H28F3NO4. The molecule has 35 heavy (non-hydrogen) atoms. The first-order chi connectivity index (χ1) is 16.7. The maximum Gasteiger partial charge on any atom is 0.416 e. The van der Waals surface area contributed by atoms with Crippen LogP contribution < -0.4 is 9.47 Å².